The molecule has 1 fully saturated rings. The predicted octanol–water partition coefficient (Wildman–Crippen LogP) is 3.41. The van der Waals surface area contributed by atoms with Crippen molar-refractivity contribution in [2.75, 3.05) is 37.7 Å². The Morgan fingerprint density at radius 2 is 1.59 bits per heavy atom. The topological polar surface area (TPSA) is 49.9 Å². The molecule has 1 saturated heterocycles. The Labute approximate surface area is 163 Å². The lowest BCUT2D eigenvalue weighted by Gasteiger charge is -2.31. The van der Waals surface area contributed by atoms with E-state index in [1.807, 2.05) is 23.1 Å². The number of benzene rings is 2. The zero-order valence-corrected chi connectivity index (χ0v) is 15.7. The molecule has 0 unspecified atom stereocenters. The summed E-state index contributed by atoms with van der Waals surface area (Å²) in [6.07, 6.45) is 1.74. The Balaban J connectivity index is 1.59. The van der Waals surface area contributed by atoms with Gasteiger partial charge in [-0.2, -0.15) is 0 Å². The van der Waals surface area contributed by atoms with Crippen molar-refractivity contribution in [1.29, 1.82) is 0 Å². The van der Waals surface area contributed by atoms with Crippen molar-refractivity contribution in [3.05, 3.63) is 64.2 Å². The highest BCUT2D eigenvalue weighted by Gasteiger charge is 2.26. The van der Waals surface area contributed by atoms with Crippen molar-refractivity contribution < 1.29 is 14.3 Å². The Hall–Kier alpha value is -2.37. The van der Waals surface area contributed by atoms with Crippen molar-refractivity contribution in [1.82, 2.24) is 4.90 Å². The van der Waals surface area contributed by atoms with E-state index in [0.29, 0.717) is 49.0 Å². The lowest BCUT2D eigenvalue weighted by atomic mass is 9.98. The molecule has 0 radical (unpaired) electrons. The molecule has 0 aliphatic carbocycles. The molecular formula is C21H21ClN2O3. The second kappa shape index (κ2) is 7.71. The Morgan fingerprint density at radius 3 is 2.33 bits per heavy atom. The number of hydrogen-bond donors (Lipinski definition) is 0. The molecule has 140 valence electrons. The number of anilines is 1. The number of halogens is 1. The first-order chi connectivity index (χ1) is 13.1. The number of fused-ring (bicyclic) bond motifs is 1. The molecule has 5 nitrogen and oxygen atoms in total. The first-order valence-electron chi connectivity index (χ1n) is 9.21. The van der Waals surface area contributed by atoms with Crippen molar-refractivity contribution in [3.63, 3.8) is 0 Å². The molecule has 6 heteroatoms. The van der Waals surface area contributed by atoms with E-state index in [0.717, 1.165) is 24.1 Å². The molecule has 0 bridgehead atoms. The fraction of sp³-hybridized carbons (Fsp3) is 0.333. The number of amides is 2. The lowest BCUT2D eigenvalue weighted by Crippen LogP contribution is -2.41. The van der Waals surface area contributed by atoms with Crippen LogP contribution in [0.4, 0.5) is 5.69 Å². The standard InChI is InChI=1S/C21H21ClN2O3/c22-18-6-3-15(4-7-18)21(26)24-9-1-2-16-14-17(5-8-19(16)24)20(25)23-10-12-27-13-11-23/h3-8,14H,1-2,9-13H2. The molecule has 2 heterocycles. The third-order valence-electron chi connectivity index (χ3n) is 5.08. The number of morpholine rings is 1. The van der Waals surface area contributed by atoms with Gasteiger partial charge in [0.15, 0.2) is 0 Å². The van der Waals surface area contributed by atoms with Crippen LogP contribution in [0.25, 0.3) is 0 Å². The first-order valence-corrected chi connectivity index (χ1v) is 9.59. The van der Waals surface area contributed by atoms with Crippen molar-refractivity contribution in [2.45, 2.75) is 12.8 Å². The lowest BCUT2D eigenvalue weighted by molar-refractivity contribution is 0.0303. The maximum absolute atomic E-state index is 12.9. The summed E-state index contributed by atoms with van der Waals surface area (Å²) in [5.74, 6) is -0.0119. The van der Waals surface area contributed by atoms with Crippen LogP contribution >= 0.6 is 11.6 Å². The van der Waals surface area contributed by atoms with Gasteiger partial charge in [-0.15, -0.1) is 0 Å². The minimum atomic E-state index is -0.0418. The highest BCUT2D eigenvalue weighted by atomic mass is 35.5. The molecule has 2 aromatic rings. The Morgan fingerprint density at radius 1 is 0.889 bits per heavy atom. The van der Waals surface area contributed by atoms with E-state index in [-0.39, 0.29) is 11.8 Å². The van der Waals surface area contributed by atoms with Gasteiger partial charge in [-0.1, -0.05) is 11.6 Å². The summed E-state index contributed by atoms with van der Waals surface area (Å²) >= 11 is 5.93. The number of ether oxygens (including phenoxy) is 1. The average Bonchev–Trinajstić information content (AvgIpc) is 2.73. The zero-order chi connectivity index (χ0) is 18.8. The van der Waals surface area contributed by atoms with Crippen LogP contribution in [-0.4, -0.2) is 49.6 Å². The van der Waals surface area contributed by atoms with Gasteiger partial charge in [0.2, 0.25) is 0 Å². The number of hydrogen-bond acceptors (Lipinski definition) is 3. The molecule has 2 aliphatic heterocycles. The minimum Gasteiger partial charge on any atom is -0.378 e. The molecule has 2 aliphatic rings. The maximum atomic E-state index is 12.9. The van der Waals surface area contributed by atoms with Crippen LogP contribution in [0.1, 0.15) is 32.7 Å². The van der Waals surface area contributed by atoms with E-state index >= 15 is 0 Å². The molecule has 2 aromatic carbocycles. The summed E-state index contributed by atoms with van der Waals surface area (Å²) in [5.41, 5.74) is 3.22. The quantitative estimate of drug-likeness (QED) is 0.797. The van der Waals surface area contributed by atoms with Gasteiger partial charge in [0, 0.05) is 41.5 Å². The molecule has 4 rings (SSSR count). The second-order valence-corrected chi connectivity index (χ2v) is 7.25. The van der Waals surface area contributed by atoms with Gasteiger partial charge >= 0.3 is 0 Å². The predicted molar refractivity (Wildman–Crippen MR) is 105 cm³/mol. The number of rotatable bonds is 2. The van der Waals surface area contributed by atoms with E-state index < -0.39 is 0 Å². The van der Waals surface area contributed by atoms with E-state index in [1.165, 1.54) is 0 Å². The van der Waals surface area contributed by atoms with Gasteiger partial charge in [-0.25, -0.2) is 0 Å². The van der Waals surface area contributed by atoms with Gasteiger partial charge in [0.25, 0.3) is 11.8 Å². The Bertz CT molecular complexity index is 860. The number of carbonyl (C=O) groups is 2. The molecule has 0 saturated carbocycles. The third kappa shape index (κ3) is 3.70. The third-order valence-corrected chi connectivity index (χ3v) is 5.33. The maximum Gasteiger partial charge on any atom is 0.258 e. The van der Waals surface area contributed by atoms with Crippen molar-refractivity contribution in [3.8, 4) is 0 Å². The normalized spacial score (nSPS) is 16.8. The van der Waals surface area contributed by atoms with Crippen LogP contribution in [0.3, 0.4) is 0 Å². The van der Waals surface area contributed by atoms with Crippen LogP contribution in [0.2, 0.25) is 5.02 Å². The molecule has 27 heavy (non-hydrogen) atoms. The van der Waals surface area contributed by atoms with Gasteiger partial charge in [-0.3, -0.25) is 9.59 Å². The molecule has 2 amide bonds. The minimum absolute atomic E-state index is 0.0299. The summed E-state index contributed by atoms with van der Waals surface area (Å²) in [6, 6.07) is 12.6. The van der Waals surface area contributed by atoms with E-state index in [4.69, 9.17) is 16.3 Å². The number of aryl methyl sites for hydroxylation is 1. The highest BCUT2D eigenvalue weighted by molar-refractivity contribution is 6.30. The fourth-order valence-corrected chi connectivity index (χ4v) is 3.76. The van der Waals surface area contributed by atoms with Gasteiger partial charge < -0.3 is 14.5 Å². The monoisotopic (exact) mass is 384 g/mol. The van der Waals surface area contributed by atoms with Gasteiger partial charge in [0.05, 0.1) is 13.2 Å². The van der Waals surface area contributed by atoms with Crippen molar-refractivity contribution in [2.24, 2.45) is 0 Å². The van der Waals surface area contributed by atoms with Crippen LogP contribution in [0, 0.1) is 0 Å². The summed E-state index contributed by atoms with van der Waals surface area (Å²) < 4.78 is 5.32. The number of carbonyl (C=O) groups excluding carboxylic acids is 2. The molecule has 0 aromatic heterocycles. The first kappa shape index (κ1) is 18.0. The summed E-state index contributed by atoms with van der Waals surface area (Å²) in [6.45, 7) is 3.08. The van der Waals surface area contributed by atoms with Crippen LogP contribution < -0.4 is 4.90 Å². The van der Waals surface area contributed by atoms with Gasteiger partial charge in [0.1, 0.15) is 0 Å². The SMILES string of the molecule is O=C(c1ccc2c(c1)CCCN2C(=O)c1ccc(Cl)cc1)N1CCOCC1. The molecular weight excluding hydrogens is 364 g/mol. The van der Waals surface area contributed by atoms with Crippen LogP contribution in [0.5, 0.6) is 0 Å². The number of nitrogens with zero attached hydrogens (tertiary/aromatic N) is 2. The van der Waals surface area contributed by atoms with Crippen molar-refractivity contribution >= 4 is 29.1 Å². The summed E-state index contributed by atoms with van der Waals surface area (Å²) in [7, 11) is 0. The highest BCUT2D eigenvalue weighted by Crippen LogP contribution is 2.30. The largest absolute Gasteiger partial charge is 0.378 e. The zero-order valence-electron chi connectivity index (χ0n) is 15.0. The fourth-order valence-electron chi connectivity index (χ4n) is 3.64. The van der Waals surface area contributed by atoms with E-state index in [2.05, 4.69) is 0 Å². The van der Waals surface area contributed by atoms with E-state index in [1.54, 1.807) is 29.2 Å². The summed E-state index contributed by atoms with van der Waals surface area (Å²) in [5, 5.41) is 0.608. The average molecular weight is 385 g/mol. The van der Waals surface area contributed by atoms with Crippen LogP contribution in [-0.2, 0) is 11.2 Å². The summed E-state index contributed by atoms with van der Waals surface area (Å²) in [4.78, 5) is 29.3. The second-order valence-electron chi connectivity index (χ2n) is 6.82. The van der Waals surface area contributed by atoms with E-state index in [9.17, 15) is 9.59 Å². The smallest absolute Gasteiger partial charge is 0.258 e. The van der Waals surface area contributed by atoms with Crippen LogP contribution in [0.15, 0.2) is 42.5 Å². The van der Waals surface area contributed by atoms with Gasteiger partial charge in [-0.05, 0) is 60.9 Å². The Kier molecular flexibility index (Phi) is 5.14. The molecule has 0 N–H and O–H groups in total. The molecule has 0 spiro atoms. The molecule has 0 atom stereocenters.